The zero-order valence-corrected chi connectivity index (χ0v) is 28.7. The second kappa shape index (κ2) is 12.0. The van der Waals surface area contributed by atoms with Gasteiger partial charge < -0.3 is 4.57 Å². The molecule has 0 aliphatic rings. The highest BCUT2D eigenvalue weighted by Crippen LogP contribution is 2.43. The van der Waals surface area contributed by atoms with Crippen LogP contribution < -0.4 is 0 Å². The molecule has 4 nitrogen and oxygen atoms in total. The van der Waals surface area contributed by atoms with Crippen molar-refractivity contribution in [1.29, 1.82) is 0 Å². The smallest absolute Gasteiger partial charge is 0.164 e. The van der Waals surface area contributed by atoms with Gasteiger partial charge in [-0.25, -0.2) is 15.0 Å². The molecule has 10 aromatic rings. The summed E-state index contributed by atoms with van der Waals surface area (Å²) in [6.45, 7) is 0. The van der Waals surface area contributed by atoms with Gasteiger partial charge in [0.15, 0.2) is 17.5 Å². The largest absolute Gasteiger partial charge is 0.309 e. The molecule has 0 radical (unpaired) electrons. The normalized spacial score (nSPS) is 11.6. The molecule has 0 saturated carbocycles. The second-order valence-electron chi connectivity index (χ2n) is 12.5. The van der Waals surface area contributed by atoms with Gasteiger partial charge in [0.1, 0.15) is 0 Å². The van der Waals surface area contributed by atoms with Crippen molar-refractivity contribution in [1.82, 2.24) is 19.5 Å². The maximum atomic E-state index is 6.99. The van der Waals surface area contributed by atoms with Gasteiger partial charge >= 0.3 is 0 Å². The van der Waals surface area contributed by atoms with Gasteiger partial charge in [0.05, 0.1) is 11.0 Å². The number of aromatic nitrogens is 4. The Balaban J connectivity index is 1.21. The van der Waals surface area contributed by atoms with E-state index >= 15 is 0 Å². The molecule has 0 fully saturated rings. The number of rotatable bonds is 5. The van der Waals surface area contributed by atoms with Crippen LogP contribution in [0.2, 0.25) is 5.02 Å². The molecule has 51 heavy (non-hydrogen) atoms. The van der Waals surface area contributed by atoms with Crippen molar-refractivity contribution in [2.75, 3.05) is 0 Å². The molecular weight excluding hydrogens is 664 g/mol. The quantitative estimate of drug-likeness (QED) is 0.180. The highest BCUT2D eigenvalue weighted by molar-refractivity contribution is 7.26. The highest BCUT2D eigenvalue weighted by atomic mass is 35.5. The Morgan fingerprint density at radius 2 is 1.08 bits per heavy atom. The molecule has 0 N–H and O–H groups in total. The van der Waals surface area contributed by atoms with Crippen LogP contribution in [0.4, 0.5) is 0 Å². The molecule has 3 aromatic heterocycles. The lowest BCUT2D eigenvalue weighted by atomic mass is 10.00. The Labute approximate surface area is 302 Å². The van der Waals surface area contributed by atoms with Crippen LogP contribution in [0, 0.1) is 0 Å². The molecule has 3 heterocycles. The molecule has 6 heteroatoms. The fourth-order valence-electron chi connectivity index (χ4n) is 7.23. The van der Waals surface area contributed by atoms with Crippen LogP contribution in [0.5, 0.6) is 0 Å². The van der Waals surface area contributed by atoms with E-state index in [1.54, 1.807) is 11.3 Å². The molecule has 0 atom stereocenters. The maximum Gasteiger partial charge on any atom is 0.164 e. The lowest BCUT2D eigenvalue weighted by Crippen LogP contribution is -2.01. The van der Waals surface area contributed by atoms with Gasteiger partial charge in [-0.15, -0.1) is 11.3 Å². The third kappa shape index (κ3) is 4.93. The second-order valence-corrected chi connectivity index (χ2v) is 14.0. The Kier molecular flexibility index (Phi) is 7.01. The first kappa shape index (κ1) is 29.7. The van der Waals surface area contributed by atoms with Crippen LogP contribution in [0.1, 0.15) is 0 Å². The number of fused-ring (bicyclic) bond motifs is 6. The van der Waals surface area contributed by atoms with Gasteiger partial charge in [0, 0.05) is 69.5 Å². The SMILES string of the molecule is Clc1ccc(-c2nc(-c3ccccc3)nc(-c3cccc4c3c3ccccc3n4-c3ccccc3)n2)cc1-c1cccc2c1sc1ccccc12. The Morgan fingerprint density at radius 1 is 0.451 bits per heavy atom. The summed E-state index contributed by atoms with van der Waals surface area (Å²) >= 11 is 8.79. The minimum atomic E-state index is 0.587. The van der Waals surface area contributed by atoms with Crippen molar-refractivity contribution in [3.05, 3.63) is 169 Å². The average Bonchev–Trinajstić information content (AvgIpc) is 3.75. The number of nitrogens with zero attached hydrogens (tertiary/aromatic N) is 4. The van der Waals surface area contributed by atoms with E-state index in [2.05, 4.69) is 120 Å². The molecule has 0 aliphatic carbocycles. The van der Waals surface area contributed by atoms with E-state index in [0.29, 0.717) is 22.5 Å². The van der Waals surface area contributed by atoms with Crippen LogP contribution >= 0.6 is 22.9 Å². The van der Waals surface area contributed by atoms with Crippen molar-refractivity contribution >= 4 is 64.9 Å². The summed E-state index contributed by atoms with van der Waals surface area (Å²) in [5.74, 6) is 1.81. The van der Waals surface area contributed by atoms with Crippen molar-refractivity contribution < 1.29 is 0 Å². The lowest BCUT2D eigenvalue weighted by molar-refractivity contribution is 1.08. The van der Waals surface area contributed by atoms with Crippen LogP contribution in [-0.4, -0.2) is 19.5 Å². The molecule has 0 bridgehead atoms. The van der Waals surface area contributed by atoms with Crippen LogP contribution in [-0.2, 0) is 0 Å². The van der Waals surface area contributed by atoms with Crippen molar-refractivity contribution in [3.8, 4) is 51.0 Å². The zero-order chi connectivity index (χ0) is 33.9. The van der Waals surface area contributed by atoms with E-state index in [1.165, 1.54) is 20.2 Å². The van der Waals surface area contributed by atoms with E-state index in [1.807, 2.05) is 48.5 Å². The molecule has 7 aromatic carbocycles. The fourth-order valence-corrected chi connectivity index (χ4v) is 8.68. The van der Waals surface area contributed by atoms with E-state index < -0.39 is 0 Å². The van der Waals surface area contributed by atoms with Gasteiger partial charge in [-0.05, 0) is 48.5 Å². The number of para-hydroxylation sites is 2. The molecule has 0 amide bonds. The van der Waals surface area contributed by atoms with E-state index in [0.717, 1.165) is 55.3 Å². The number of benzene rings is 7. The summed E-state index contributed by atoms with van der Waals surface area (Å²) in [6, 6.07) is 56.6. The first-order chi connectivity index (χ1) is 25.2. The predicted octanol–water partition coefficient (Wildman–Crippen LogP) is 12.7. The van der Waals surface area contributed by atoms with Gasteiger partial charge in [-0.3, -0.25) is 0 Å². The molecule has 0 spiro atoms. The van der Waals surface area contributed by atoms with E-state index in [-0.39, 0.29) is 0 Å². The summed E-state index contributed by atoms with van der Waals surface area (Å²) in [6.07, 6.45) is 0. The monoisotopic (exact) mass is 690 g/mol. The maximum absolute atomic E-state index is 6.99. The summed E-state index contributed by atoms with van der Waals surface area (Å²) in [4.78, 5) is 15.5. The predicted molar refractivity (Wildman–Crippen MR) is 214 cm³/mol. The molecule has 0 saturated heterocycles. The summed E-state index contributed by atoms with van der Waals surface area (Å²) in [5, 5.41) is 5.40. The molecule has 10 rings (SSSR count). The zero-order valence-electron chi connectivity index (χ0n) is 27.2. The van der Waals surface area contributed by atoms with Crippen molar-refractivity contribution in [3.63, 3.8) is 0 Å². The van der Waals surface area contributed by atoms with Crippen LogP contribution in [0.15, 0.2) is 164 Å². The average molecular weight is 691 g/mol. The van der Waals surface area contributed by atoms with Crippen molar-refractivity contribution in [2.24, 2.45) is 0 Å². The Hall–Kier alpha value is -6.14. The summed E-state index contributed by atoms with van der Waals surface area (Å²) in [7, 11) is 0. The topological polar surface area (TPSA) is 43.6 Å². The third-order valence-corrected chi connectivity index (χ3v) is 11.1. The Bertz CT molecular complexity index is 2930. The van der Waals surface area contributed by atoms with Gasteiger partial charge in [-0.2, -0.15) is 0 Å². The van der Waals surface area contributed by atoms with E-state index in [4.69, 9.17) is 26.6 Å². The Morgan fingerprint density at radius 3 is 1.92 bits per heavy atom. The minimum absolute atomic E-state index is 0.587. The molecule has 240 valence electrons. The number of halogens is 1. The van der Waals surface area contributed by atoms with Crippen LogP contribution in [0.25, 0.3) is 93.0 Å². The van der Waals surface area contributed by atoms with Gasteiger partial charge in [-0.1, -0.05) is 127 Å². The third-order valence-electron chi connectivity index (χ3n) is 9.54. The lowest BCUT2D eigenvalue weighted by Gasteiger charge is -2.12. The minimum Gasteiger partial charge on any atom is -0.309 e. The molecule has 0 unspecified atom stereocenters. The summed E-state index contributed by atoms with van der Waals surface area (Å²) < 4.78 is 4.78. The fraction of sp³-hybridized carbons (Fsp3) is 0. The number of hydrogen-bond acceptors (Lipinski definition) is 4. The molecular formula is C45H27ClN4S. The van der Waals surface area contributed by atoms with E-state index in [9.17, 15) is 0 Å². The first-order valence-corrected chi connectivity index (χ1v) is 18.0. The molecule has 0 aliphatic heterocycles. The summed E-state index contributed by atoms with van der Waals surface area (Å²) in [5.41, 5.74) is 8.10. The van der Waals surface area contributed by atoms with Crippen LogP contribution in [0.3, 0.4) is 0 Å². The highest BCUT2D eigenvalue weighted by Gasteiger charge is 2.20. The number of hydrogen-bond donors (Lipinski definition) is 0. The van der Waals surface area contributed by atoms with Gasteiger partial charge in [0.2, 0.25) is 0 Å². The standard InChI is InChI=1S/C45H27ClN4S/c46-37-26-25-29(27-36(37)33-20-11-19-32-31-17-8-10-24-40(31)51-42(32)33)44-47-43(28-13-3-1-4-14-28)48-45(49-44)35-21-12-23-39-41(35)34-18-7-9-22-38(34)50(39)30-15-5-2-6-16-30/h1-27H. The van der Waals surface area contributed by atoms with Gasteiger partial charge in [0.25, 0.3) is 0 Å². The first-order valence-electron chi connectivity index (χ1n) is 16.8. The number of thiophene rings is 1. The van der Waals surface area contributed by atoms with Crippen molar-refractivity contribution in [2.45, 2.75) is 0 Å².